The molecule has 116 valence electrons. The molecule has 0 aromatic carbocycles. The van der Waals surface area contributed by atoms with Gasteiger partial charge in [-0.3, -0.25) is 9.59 Å². The van der Waals surface area contributed by atoms with Crippen LogP contribution in [0.15, 0.2) is 0 Å². The molecule has 0 spiro atoms. The summed E-state index contributed by atoms with van der Waals surface area (Å²) in [6.45, 7) is 3.15. The molecule has 1 fully saturated rings. The van der Waals surface area contributed by atoms with Gasteiger partial charge in [0.1, 0.15) is 0 Å². The number of rotatable bonds is 7. The van der Waals surface area contributed by atoms with Crippen LogP contribution in [0.4, 0.5) is 0 Å². The highest BCUT2D eigenvalue weighted by molar-refractivity contribution is 5.88. The molecule has 0 bridgehead atoms. The van der Waals surface area contributed by atoms with E-state index in [-0.39, 0.29) is 24.4 Å². The van der Waals surface area contributed by atoms with Crippen molar-refractivity contribution in [2.45, 2.75) is 38.6 Å². The summed E-state index contributed by atoms with van der Waals surface area (Å²) in [6.07, 6.45) is 3.41. The number of amides is 2. The summed E-state index contributed by atoms with van der Waals surface area (Å²) >= 11 is 0. The topological polar surface area (TPSA) is 84.7 Å². The zero-order valence-electron chi connectivity index (χ0n) is 12.8. The van der Waals surface area contributed by atoms with E-state index < -0.39 is 5.41 Å². The zero-order valence-corrected chi connectivity index (χ0v) is 12.8. The van der Waals surface area contributed by atoms with Gasteiger partial charge in [0.2, 0.25) is 11.8 Å². The van der Waals surface area contributed by atoms with Crippen molar-refractivity contribution in [3.05, 3.63) is 0 Å². The first-order chi connectivity index (χ1) is 9.41. The summed E-state index contributed by atoms with van der Waals surface area (Å²) < 4.78 is 4.91. The number of ether oxygens (including phenoxy) is 1. The Labute approximate surface area is 121 Å². The Morgan fingerprint density at radius 1 is 1.50 bits per heavy atom. The lowest BCUT2D eigenvalue weighted by molar-refractivity contribution is -0.143. The Hall–Kier alpha value is -1.14. The second-order valence-electron chi connectivity index (χ2n) is 5.77. The lowest BCUT2D eigenvalue weighted by Crippen LogP contribution is -2.50. The van der Waals surface area contributed by atoms with Crippen LogP contribution in [0.1, 0.15) is 32.6 Å². The van der Waals surface area contributed by atoms with Crippen LogP contribution in [0.2, 0.25) is 0 Å². The highest BCUT2D eigenvalue weighted by Crippen LogP contribution is 2.38. The Morgan fingerprint density at radius 2 is 2.20 bits per heavy atom. The monoisotopic (exact) mass is 285 g/mol. The van der Waals surface area contributed by atoms with E-state index in [0.29, 0.717) is 13.2 Å². The number of carbonyl (C=O) groups excluding carboxylic acids is 2. The average Bonchev–Trinajstić information content (AvgIpc) is 2.75. The van der Waals surface area contributed by atoms with Crippen LogP contribution in [-0.4, -0.2) is 56.6 Å². The van der Waals surface area contributed by atoms with Crippen LogP contribution in [-0.2, 0) is 14.3 Å². The molecule has 0 aromatic heterocycles. The second-order valence-corrected chi connectivity index (χ2v) is 5.77. The summed E-state index contributed by atoms with van der Waals surface area (Å²) in [7, 11) is 3.28. The number of nitrogens with one attached hydrogen (secondary N) is 1. The molecule has 0 aliphatic heterocycles. The summed E-state index contributed by atoms with van der Waals surface area (Å²) in [5.74, 6) is -0.179. The van der Waals surface area contributed by atoms with Crippen LogP contribution < -0.4 is 11.1 Å². The number of nitrogens with two attached hydrogens (primary N) is 1. The van der Waals surface area contributed by atoms with Crippen molar-refractivity contribution >= 4 is 11.8 Å². The fourth-order valence-corrected chi connectivity index (χ4v) is 2.68. The smallest absolute Gasteiger partial charge is 0.239 e. The lowest BCUT2D eigenvalue weighted by atomic mass is 9.83. The van der Waals surface area contributed by atoms with E-state index in [1.54, 1.807) is 14.2 Å². The summed E-state index contributed by atoms with van der Waals surface area (Å²) in [5.41, 5.74) is 5.51. The number of carbonyl (C=O) groups is 2. The predicted molar refractivity (Wildman–Crippen MR) is 77.1 cm³/mol. The van der Waals surface area contributed by atoms with Crippen LogP contribution >= 0.6 is 0 Å². The first kappa shape index (κ1) is 16.9. The van der Waals surface area contributed by atoms with Crippen LogP contribution in [0, 0.1) is 5.41 Å². The van der Waals surface area contributed by atoms with E-state index in [9.17, 15) is 9.59 Å². The highest BCUT2D eigenvalue weighted by Gasteiger charge is 2.44. The minimum atomic E-state index is -0.523. The largest absolute Gasteiger partial charge is 0.385 e. The van der Waals surface area contributed by atoms with Crippen molar-refractivity contribution in [3.8, 4) is 0 Å². The molecule has 0 saturated heterocycles. The van der Waals surface area contributed by atoms with Crippen LogP contribution in [0.25, 0.3) is 0 Å². The second kappa shape index (κ2) is 7.59. The number of methoxy groups -OCH3 is 1. The lowest BCUT2D eigenvalue weighted by Gasteiger charge is -2.32. The molecular weight excluding hydrogens is 258 g/mol. The molecule has 2 unspecified atom stereocenters. The fourth-order valence-electron chi connectivity index (χ4n) is 2.68. The number of likely N-dealkylation sites (N-methyl/N-ethyl adjacent to an activating group) is 1. The summed E-state index contributed by atoms with van der Waals surface area (Å²) in [5, 5.41) is 2.77. The van der Waals surface area contributed by atoms with E-state index in [1.807, 2.05) is 6.92 Å². The Balaban J connectivity index is 2.39. The van der Waals surface area contributed by atoms with Gasteiger partial charge in [0, 0.05) is 33.4 Å². The Kier molecular flexibility index (Phi) is 6.42. The maximum absolute atomic E-state index is 12.4. The third-order valence-corrected chi connectivity index (χ3v) is 4.09. The van der Waals surface area contributed by atoms with E-state index >= 15 is 0 Å². The van der Waals surface area contributed by atoms with Gasteiger partial charge >= 0.3 is 0 Å². The maximum Gasteiger partial charge on any atom is 0.239 e. The molecule has 0 heterocycles. The van der Waals surface area contributed by atoms with Gasteiger partial charge < -0.3 is 20.7 Å². The van der Waals surface area contributed by atoms with E-state index in [2.05, 4.69) is 5.32 Å². The predicted octanol–water partition coefficient (Wildman–Crippen LogP) is 0.115. The van der Waals surface area contributed by atoms with Crippen molar-refractivity contribution in [2.75, 3.05) is 33.9 Å². The molecule has 1 rings (SSSR count). The molecule has 1 saturated carbocycles. The van der Waals surface area contributed by atoms with E-state index in [0.717, 1.165) is 25.7 Å². The van der Waals surface area contributed by atoms with Gasteiger partial charge in [-0.2, -0.15) is 0 Å². The van der Waals surface area contributed by atoms with Crippen LogP contribution in [0.3, 0.4) is 0 Å². The first-order valence-electron chi connectivity index (χ1n) is 7.18. The van der Waals surface area contributed by atoms with Crippen molar-refractivity contribution in [1.29, 1.82) is 0 Å². The normalized spacial score (nSPS) is 25.5. The summed E-state index contributed by atoms with van der Waals surface area (Å²) in [6, 6.07) is -0.109. The van der Waals surface area contributed by atoms with Gasteiger partial charge in [-0.05, 0) is 26.2 Å². The number of nitrogens with zero attached hydrogens (tertiary/aromatic N) is 1. The molecule has 6 nitrogen and oxygen atoms in total. The van der Waals surface area contributed by atoms with E-state index in [4.69, 9.17) is 10.5 Å². The molecular formula is C14H27N3O3. The van der Waals surface area contributed by atoms with Gasteiger partial charge in [0.25, 0.3) is 0 Å². The van der Waals surface area contributed by atoms with E-state index in [1.165, 1.54) is 4.90 Å². The fraction of sp³-hybridized carbons (Fsp3) is 0.857. The van der Waals surface area contributed by atoms with Crippen molar-refractivity contribution in [2.24, 2.45) is 11.1 Å². The van der Waals surface area contributed by atoms with Gasteiger partial charge in [-0.15, -0.1) is 0 Å². The van der Waals surface area contributed by atoms with Gasteiger partial charge in [0.05, 0.1) is 12.0 Å². The molecule has 6 heteroatoms. The quantitative estimate of drug-likeness (QED) is 0.650. The van der Waals surface area contributed by atoms with Crippen molar-refractivity contribution in [1.82, 2.24) is 10.2 Å². The third kappa shape index (κ3) is 4.18. The standard InChI is InChI=1S/C14H27N3O3/c1-14(7-4-6-11(14)15)13(19)17(2)10-12(18)16-8-5-9-20-3/h11H,4-10,15H2,1-3H3,(H,16,18). The zero-order chi connectivity index (χ0) is 15.2. The molecule has 1 aliphatic carbocycles. The molecule has 3 N–H and O–H groups in total. The first-order valence-corrected chi connectivity index (χ1v) is 7.18. The van der Waals surface area contributed by atoms with Crippen LogP contribution in [0.5, 0.6) is 0 Å². The SMILES string of the molecule is COCCCNC(=O)CN(C)C(=O)C1(C)CCCC1N. The van der Waals surface area contributed by atoms with Crippen molar-refractivity contribution in [3.63, 3.8) is 0 Å². The van der Waals surface area contributed by atoms with Crippen molar-refractivity contribution < 1.29 is 14.3 Å². The minimum absolute atomic E-state index is 0.0328. The molecule has 20 heavy (non-hydrogen) atoms. The Bertz CT molecular complexity index is 349. The van der Waals surface area contributed by atoms with Gasteiger partial charge in [-0.1, -0.05) is 6.42 Å². The Morgan fingerprint density at radius 3 is 2.75 bits per heavy atom. The minimum Gasteiger partial charge on any atom is -0.385 e. The summed E-state index contributed by atoms with van der Waals surface area (Å²) in [4.78, 5) is 25.7. The molecule has 2 amide bonds. The molecule has 2 atom stereocenters. The molecule has 1 aliphatic rings. The average molecular weight is 285 g/mol. The number of hydrogen-bond acceptors (Lipinski definition) is 4. The van der Waals surface area contributed by atoms with Gasteiger partial charge in [0.15, 0.2) is 0 Å². The molecule has 0 radical (unpaired) electrons. The number of hydrogen-bond donors (Lipinski definition) is 2. The van der Waals surface area contributed by atoms with Gasteiger partial charge in [-0.25, -0.2) is 0 Å². The maximum atomic E-state index is 12.4. The molecule has 0 aromatic rings. The third-order valence-electron chi connectivity index (χ3n) is 4.09. The highest BCUT2D eigenvalue weighted by atomic mass is 16.5.